The zero-order valence-electron chi connectivity index (χ0n) is 14.0. The van der Waals surface area contributed by atoms with Crippen molar-refractivity contribution in [3.05, 3.63) is 41.1 Å². The number of aromatic hydroxyl groups is 1. The summed E-state index contributed by atoms with van der Waals surface area (Å²) in [5, 5.41) is 9.68. The van der Waals surface area contributed by atoms with Gasteiger partial charge in [-0.2, -0.15) is 0 Å². The van der Waals surface area contributed by atoms with Crippen molar-refractivity contribution in [1.82, 2.24) is 4.90 Å². The number of phenols is 1. The zero-order valence-corrected chi connectivity index (χ0v) is 14.0. The molecule has 0 aliphatic heterocycles. The van der Waals surface area contributed by atoms with E-state index < -0.39 is 5.97 Å². The van der Waals surface area contributed by atoms with Gasteiger partial charge in [0.25, 0.3) is 5.91 Å². The van der Waals surface area contributed by atoms with Gasteiger partial charge >= 0.3 is 5.97 Å². The van der Waals surface area contributed by atoms with Gasteiger partial charge < -0.3 is 14.7 Å². The Labute approximate surface area is 141 Å². The first-order valence-electron chi connectivity index (χ1n) is 8.54. The van der Waals surface area contributed by atoms with E-state index in [0.717, 1.165) is 37.8 Å². The van der Waals surface area contributed by atoms with Gasteiger partial charge in [-0.05, 0) is 63.1 Å². The molecule has 0 spiro atoms. The van der Waals surface area contributed by atoms with Crippen LogP contribution in [0.1, 0.15) is 54.4 Å². The smallest absolute Gasteiger partial charge is 0.338 e. The molecule has 0 heterocycles. The first kappa shape index (κ1) is 16.6. The minimum atomic E-state index is -0.591. The second-order valence-corrected chi connectivity index (χ2v) is 6.51. The van der Waals surface area contributed by atoms with Crippen LogP contribution in [-0.4, -0.2) is 34.5 Å². The molecule has 128 valence electrons. The fraction of sp³-hybridized carbons (Fsp3) is 0.474. The molecule has 1 fully saturated rings. The summed E-state index contributed by atoms with van der Waals surface area (Å²) < 4.78 is 5.17. The first-order valence-corrected chi connectivity index (χ1v) is 8.54. The lowest BCUT2D eigenvalue weighted by molar-refractivity contribution is -0.133. The van der Waals surface area contributed by atoms with Gasteiger partial charge in [0.15, 0.2) is 6.61 Å². The Balaban J connectivity index is 1.62. The number of phenolic OH excluding ortho intramolecular Hbond substituents is 1. The lowest BCUT2D eigenvalue weighted by Gasteiger charge is -2.27. The molecule has 5 heteroatoms. The van der Waals surface area contributed by atoms with Crippen LogP contribution < -0.4 is 0 Å². The molecule has 0 bridgehead atoms. The number of rotatable bonds is 5. The Morgan fingerprint density at radius 3 is 2.71 bits per heavy atom. The molecule has 1 amide bonds. The molecule has 24 heavy (non-hydrogen) atoms. The lowest BCUT2D eigenvalue weighted by atomic mass is 10.0. The minimum Gasteiger partial charge on any atom is -0.508 e. The molecule has 2 aliphatic carbocycles. The van der Waals surface area contributed by atoms with Gasteiger partial charge in [0.2, 0.25) is 0 Å². The van der Waals surface area contributed by atoms with Gasteiger partial charge in [-0.25, -0.2) is 4.79 Å². The minimum absolute atomic E-state index is 0.0442. The molecule has 5 nitrogen and oxygen atoms in total. The Morgan fingerprint density at radius 2 is 2.08 bits per heavy atom. The molecule has 0 atom stereocenters. The number of nitrogens with zero attached hydrogens (tertiary/aromatic N) is 1. The lowest BCUT2D eigenvalue weighted by Crippen LogP contribution is -2.36. The molecule has 0 aromatic heterocycles. The summed E-state index contributed by atoms with van der Waals surface area (Å²) in [6.45, 7) is 1.49. The van der Waals surface area contributed by atoms with E-state index in [2.05, 4.69) is 6.08 Å². The summed E-state index contributed by atoms with van der Waals surface area (Å²) in [5.41, 5.74) is 2.02. The molecule has 1 saturated carbocycles. The number of aryl methyl sites for hydroxylation is 1. The molecule has 2 aliphatic rings. The fourth-order valence-corrected chi connectivity index (χ4v) is 2.99. The molecule has 1 N–H and O–H groups in total. The van der Waals surface area contributed by atoms with Crippen LogP contribution in [0.15, 0.2) is 30.0 Å². The Bertz CT molecular complexity index is 676. The third-order valence-electron chi connectivity index (χ3n) is 4.53. The van der Waals surface area contributed by atoms with Crippen LogP contribution in [0, 0.1) is 6.92 Å². The van der Waals surface area contributed by atoms with E-state index in [1.165, 1.54) is 12.5 Å². The maximum absolute atomic E-state index is 12.5. The quantitative estimate of drug-likeness (QED) is 0.842. The van der Waals surface area contributed by atoms with E-state index in [4.69, 9.17) is 4.74 Å². The number of ether oxygens (including phenoxy) is 1. The van der Waals surface area contributed by atoms with Gasteiger partial charge in [-0.1, -0.05) is 12.1 Å². The summed E-state index contributed by atoms with van der Waals surface area (Å²) in [6.07, 6.45) is 8.37. The van der Waals surface area contributed by atoms with Crippen molar-refractivity contribution in [2.24, 2.45) is 0 Å². The molecule has 1 aromatic rings. The number of hydrogen-bond acceptors (Lipinski definition) is 4. The molecular weight excluding hydrogens is 306 g/mol. The second-order valence-electron chi connectivity index (χ2n) is 6.51. The monoisotopic (exact) mass is 329 g/mol. The van der Waals surface area contributed by atoms with Crippen LogP contribution in [0.4, 0.5) is 0 Å². The van der Waals surface area contributed by atoms with Gasteiger partial charge in [-0.3, -0.25) is 4.79 Å². The van der Waals surface area contributed by atoms with Crippen molar-refractivity contribution >= 4 is 11.9 Å². The van der Waals surface area contributed by atoms with Gasteiger partial charge in [0.1, 0.15) is 5.75 Å². The van der Waals surface area contributed by atoms with E-state index in [-0.39, 0.29) is 29.9 Å². The van der Waals surface area contributed by atoms with Crippen LogP contribution >= 0.6 is 0 Å². The summed E-state index contributed by atoms with van der Waals surface area (Å²) in [6, 6.07) is 4.87. The number of carbonyl (C=O) groups excluding carboxylic acids is 2. The van der Waals surface area contributed by atoms with Crippen LogP contribution in [0.2, 0.25) is 0 Å². The normalized spacial score (nSPS) is 17.1. The summed E-state index contributed by atoms with van der Waals surface area (Å²) in [4.78, 5) is 26.4. The second kappa shape index (κ2) is 7.07. The molecule has 0 radical (unpaired) electrons. The third-order valence-corrected chi connectivity index (χ3v) is 4.53. The van der Waals surface area contributed by atoms with Crippen molar-refractivity contribution < 1.29 is 19.4 Å². The van der Waals surface area contributed by atoms with E-state index in [9.17, 15) is 14.7 Å². The van der Waals surface area contributed by atoms with Crippen molar-refractivity contribution in [2.75, 3.05) is 6.61 Å². The van der Waals surface area contributed by atoms with E-state index in [0.29, 0.717) is 5.56 Å². The summed E-state index contributed by atoms with van der Waals surface area (Å²) >= 11 is 0. The van der Waals surface area contributed by atoms with Gasteiger partial charge in [-0.15, -0.1) is 0 Å². The molecule has 0 unspecified atom stereocenters. The topological polar surface area (TPSA) is 66.8 Å². The van der Waals surface area contributed by atoms with Crippen LogP contribution in [0.25, 0.3) is 0 Å². The molecule has 0 saturated heterocycles. The van der Waals surface area contributed by atoms with Crippen LogP contribution in [0.3, 0.4) is 0 Å². The molecule has 1 aromatic carbocycles. The van der Waals surface area contributed by atoms with Crippen LogP contribution in [-0.2, 0) is 9.53 Å². The standard InChI is InChI=1S/C19H23NO4/c1-13-7-8-14(11-17(13)21)19(23)24-12-18(22)20(16-9-10-16)15-5-3-2-4-6-15/h5,7-8,11,16,21H,2-4,6,9-10,12H2,1H3. The fourth-order valence-electron chi connectivity index (χ4n) is 2.99. The predicted octanol–water partition coefficient (Wildman–Crippen LogP) is 3.31. The van der Waals surface area contributed by atoms with Crippen molar-refractivity contribution in [3.8, 4) is 5.75 Å². The van der Waals surface area contributed by atoms with Gasteiger partial charge in [0.05, 0.1) is 5.56 Å². The zero-order chi connectivity index (χ0) is 17.1. The largest absolute Gasteiger partial charge is 0.508 e. The highest BCUT2D eigenvalue weighted by Crippen LogP contribution is 2.33. The first-order chi connectivity index (χ1) is 11.6. The summed E-state index contributed by atoms with van der Waals surface area (Å²) in [5.74, 6) is -0.704. The van der Waals surface area contributed by atoms with E-state index >= 15 is 0 Å². The molecular formula is C19H23NO4. The third kappa shape index (κ3) is 3.78. The van der Waals surface area contributed by atoms with Crippen LogP contribution in [0.5, 0.6) is 5.75 Å². The number of benzene rings is 1. The van der Waals surface area contributed by atoms with E-state index in [1.54, 1.807) is 19.1 Å². The van der Waals surface area contributed by atoms with Crippen molar-refractivity contribution in [1.29, 1.82) is 0 Å². The molecule has 3 rings (SSSR count). The Kier molecular flexibility index (Phi) is 4.88. The van der Waals surface area contributed by atoms with Gasteiger partial charge in [0, 0.05) is 11.7 Å². The number of amides is 1. The Hall–Kier alpha value is -2.30. The average Bonchev–Trinajstić information content (AvgIpc) is 3.41. The maximum Gasteiger partial charge on any atom is 0.338 e. The number of hydrogen-bond donors (Lipinski definition) is 1. The highest BCUT2D eigenvalue weighted by Gasteiger charge is 2.35. The van der Waals surface area contributed by atoms with Crippen molar-refractivity contribution in [2.45, 2.75) is 51.5 Å². The van der Waals surface area contributed by atoms with Crippen molar-refractivity contribution in [3.63, 3.8) is 0 Å². The Morgan fingerprint density at radius 1 is 1.29 bits per heavy atom. The number of carbonyl (C=O) groups is 2. The SMILES string of the molecule is Cc1ccc(C(=O)OCC(=O)N(C2=CCCCC2)C2CC2)cc1O. The predicted molar refractivity (Wildman–Crippen MR) is 89.5 cm³/mol. The highest BCUT2D eigenvalue weighted by molar-refractivity contribution is 5.92. The summed E-state index contributed by atoms with van der Waals surface area (Å²) in [7, 11) is 0. The number of esters is 1. The maximum atomic E-state index is 12.5. The number of allylic oxidation sites excluding steroid dienone is 2. The highest BCUT2D eigenvalue weighted by atomic mass is 16.5. The van der Waals surface area contributed by atoms with E-state index in [1.807, 2.05) is 4.90 Å². The average molecular weight is 329 g/mol.